The maximum Gasteiger partial charge on any atom is 0.335 e. The van der Waals surface area contributed by atoms with Crippen molar-refractivity contribution in [3.63, 3.8) is 0 Å². The van der Waals surface area contributed by atoms with Crippen LogP contribution in [-0.4, -0.2) is 37.4 Å². The predicted molar refractivity (Wildman–Crippen MR) is 202 cm³/mol. The molecule has 1 unspecified atom stereocenters. The van der Waals surface area contributed by atoms with E-state index in [4.69, 9.17) is 9.47 Å². The molecule has 0 saturated carbocycles. The lowest BCUT2D eigenvalue weighted by Crippen LogP contribution is -2.37. The zero-order valence-corrected chi connectivity index (χ0v) is 29.4. The number of benzene rings is 5. The average molecular weight is 682 g/mol. The molecule has 6 heteroatoms. The summed E-state index contributed by atoms with van der Waals surface area (Å²) in [7, 11) is 0. The molecule has 0 amide bonds. The summed E-state index contributed by atoms with van der Waals surface area (Å²) in [6, 6.07) is 29.5. The summed E-state index contributed by atoms with van der Waals surface area (Å²) in [4.78, 5) is 14.7. The highest BCUT2D eigenvalue weighted by atomic mass is 19.1. The number of halogens is 1. The molecule has 5 aromatic carbocycles. The Morgan fingerprint density at radius 1 is 0.843 bits per heavy atom. The van der Waals surface area contributed by atoms with Crippen molar-refractivity contribution in [3.8, 4) is 16.9 Å². The number of aromatic carboxylic acids is 1. The Balaban J connectivity index is 1.40. The molecule has 260 valence electrons. The van der Waals surface area contributed by atoms with Gasteiger partial charge in [-0.3, -0.25) is 0 Å². The highest BCUT2D eigenvalue weighted by Crippen LogP contribution is 2.61. The van der Waals surface area contributed by atoms with Gasteiger partial charge in [-0.15, -0.1) is 0 Å². The number of ether oxygens (including phenoxy) is 2. The molecule has 0 aromatic heterocycles. The molecule has 2 heterocycles. The van der Waals surface area contributed by atoms with E-state index in [0.717, 1.165) is 96.1 Å². The van der Waals surface area contributed by atoms with Gasteiger partial charge in [0.1, 0.15) is 11.6 Å². The van der Waals surface area contributed by atoms with Gasteiger partial charge in [-0.2, -0.15) is 0 Å². The number of carboxylic acids is 1. The zero-order chi connectivity index (χ0) is 35.2. The van der Waals surface area contributed by atoms with Crippen LogP contribution >= 0.6 is 0 Å². The van der Waals surface area contributed by atoms with Crippen molar-refractivity contribution in [1.82, 2.24) is 0 Å². The van der Waals surface area contributed by atoms with E-state index in [9.17, 15) is 9.90 Å². The summed E-state index contributed by atoms with van der Waals surface area (Å²) in [5.41, 5.74) is 7.28. The molecule has 1 atom stereocenters. The predicted octanol–water partition coefficient (Wildman–Crippen LogP) is 10.5. The van der Waals surface area contributed by atoms with Gasteiger partial charge in [0.2, 0.25) is 0 Å². The Morgan fingerprint density at radius 3 is 2.24 bits per heavy atom. The summed E-state index contributed by atoms with van der Waals surface area (Å²) in [6.07, 6.45) is 10.4. The molecule has 5 aromatic rings. The van der Waals surface area contributed by atoms with Gasteiger partial charge in [0.05, 0.1) is 18.8 Å². The minimum atomic E-state index is -0.970. The van der Waals surface area contributed by atoms with E-state index in [-0.39, 0.29) is 16.8 Å². The number of fused-ring (bicyclic) bond motifs is 8. The first-order valence-corrected chi connectivity index (χ1v) is 18.4. The number of anilines is 1. The van der Waals surface area contributed by atoms with Crippen LogP contribution in [0.15, 0.2) is 97.1 Å². The second-order valence-corrected chi connectivity index (χ2v) is 14.2. The Labute approximate surface area is 299 Å². The summed E-state index contributed by atoms with van der Waals surface area (Å²) in [5, 5.41) is 11.7. The molecule has 1 fully saturated rings. The van der Waals surface area contributed by atoms with Crippen LogP contribution in [0.4, 0.5) is 10.1 Å². The lowest BCUT2D eigenvalue weighted by Gasteiger charge is -2.40. The Bertz CT molecular complexity index is 2130. The molecule has 2 aliphatic heterocycles. The standard InChI is InChI=1S/C45H44FNO4/c1-3-5-21-44(22-6-4-2)39-19-12-30(43(48)49)28-38(39)40-35-18-15-33(46)29-37(35)42-36(41(40)44)20-23-45(51-42,31-10-8-7-9-11-31)32-13-16-34(17-14-32)47-24-26-50-27-25-47/h7-20,23,28-29H,3-6,21-22,24-27H2,1-2H3,(H,48,49). The van der Waals surface area contributed by atoms with Crippen LogP contribution in [0.2, 0.25) is 0 Å². The lowest BCUT2D eigenvalue weighted by atomic mass is 9.68. The second kappa shape index (κ2) is 13.3. The minimum absolute atomic E-state index is 0.255. The highest BCUT2D eigenvalue weighted by Gasteiger charge is 2.48. The largest absolute Gasteiger partial charge is 0.478 e. The molecule has 0 spiro atoms. The van der Waals surface area contributed by atoms with Crippen molar-refractivity contribution in [2.75, 3.05) is 31.2 Å². The van der Waals surface area contributed by atoms with E-state index in [1.807, 2.05) is 36.4 Å². The molecule has 0 radical (unpaired) electrons. The molecule has 1 N–H and O–H groups in total. The molecule has 1 saturated heterocycles. The first-order chi connectivity index (χ1) is 24.9. The van der Waals surface area contributed by atoms with Crippen LogP contribution in [0.3, 0.4) is 0 Å². The second-order valence-electron chi connectivity index (χ2n) is 14.2. The maximum atomic E-state index is 15.4. The molecular formula is C45H44FNO4. The van der Waals surface area contributed by atoms with E-state index in [2.05, 4.69) is 67.3 Å². The van der Waals surface area contributed by atoms with E-state index in [1.165, 1.54) is 11.6 Å². The minimum Gasteiger partial charge on any atom is -0.478 e. The third-order valence-electron chi connectivity index (χ3n) is 11.3. The summed E-state index contributed by atoms with van der Waals surface area (Å²) in [6.45, 7) is 7.57. The molecule has 3 aliphatic rings. The quantitative estimate of drug-likeness (QED) is 0.159. The van der Waals surface area contributed by atoms with Crippen molar-refractivity contribution in [2.45, 2.75) is 63.4 Å². The normalized spacial score (nSPS) is 18.6. The lowest BCUT2D eigenvalue weighted by molar-refractivity contribution is 0.0697. The third kappa shape index (κ3) is 5.43. The number of carbonyl (C=O) groups is 1. The number of unbranched alkanes of at least 4 members (excludes halogenated alkanes) is 2. The zero-order valence-electron chi connectivity index (χ0n) is 29.4. The Morgan fingerprint density at radius 2 is 1.55 bits per heavy atom. The van der Waals surface area contributed by atoms with Crippen molar-refractivity contribution in [3.05, 3.63) is 136 Å². The monoisotopic (exact) mass is 681 g/mol. The topological polar surface area (TPSA) is 59.0 Å². The number of morpholine rings is 1. The van der Waals surface area contributed by atoms with Gasteiger partial charge in [-0.1, -0.05) is 100 Å². The molecule has 1 aliphatic carbocycles. The van der Waals surface area contributed by atoms with Crippen LogP contribution in [0.5, 0.6) is 5.75 Å². The van der Waals surface area contributed by atoms with Gasteiger partial charge < -0.3 is 19.5 Å². The van der Waals surface area contributed by atoms with Crippen molar-refractivity contribution >= 4 is 28.5 Å². The number of nitrogens with zero attached hydrogens (tertiary/aromatic N) is 1. The molecule has 5 nitrogen and oxygen atoms in total. The summed E-state index contributed by atoms with van der Waals surface area (Å²) < 4.78 is 28.5. The smallest absolute Gasteiger partial charge is 0.335 e. The highest BCUT2D eigenvalue weighted by molar-refractivity contribution is 6.09. The fraction of sp³-hybridized carbons (Fsp3) is 0.311. The first kappa shape index (κ1) is 33.2. The Hall–Kier alpha value is -4.94. The van der Waals surface area contributed by atoms with Gasteiger partial charge in [0.25, 0.3) is 0 Å². The van der Waals surface area contributed by atoms with Gasteiger partial charge in [0.15, 0.2) is 5.60 Å². The van der Waals surface area contributed by atoms with Gasteiger partial charge >= 0.3 is 5.97 Å². The fourth-order valence-electron chi connectivity index (χ4n) is 8.83. The van der Waals surface area contributed by atoms with E-state index in [1.54, 1.807) is 12.1 Å². The SMILES string of the molecule is CCCCC1(CCCC)c2ccc(C(=O)O)cc2-c2c1c1c(c3cc(F)ccc23)OC(c2ccccc2)(c2ccc(N3CCOCC3)cc2)C=C1. The number of carboxylic acid groups (broad SMARTS) is 1. The van der Waals surface area contributed by atoms with Crippen molar-refractivity contribution in [2.24, 2.45) is 0 Å². The van der Waals surface area contributed by atoms with Crippen LogP contribution in [0.25, 0.3) is 28.0 Å². The summed E-state index contributed by atoms with van der Waals surface area (Å²) >= 11 is 0. The Kier molecular flexibility index (Phi) is 8.67. The number of hydrogen-bond donors (Lipinski definition) is 1. The van der Waals surface area contributed by atoms with E-state index >= 15 is 4.39 Å². The van der Waals surface area contributed by atoms with E-state index < -0.39 is 11.6 Å². The maximum absolute atomic E-state index is 15.4. The van der Waals surface area contributed by atoms with Crippen molar-refractivity contribution < 1.29 is 23.8 Å². The van der Waals surface area contributed by atoms with Crippen LogP contribution in [-0.2, 0) is 15.8 Å². The molecular weight excluding hydrogens is 637 g/mol. The molecule has 51 heavy (non-hydrogen) atoms. The molecule has 8 rings (SSSR count). The molecule has 0 bridgehead atoms. The van der Waals surface area contributed by atoms with Gasteiger partial charge in [-0.05, 0) is 83.0 Å². The third-order valence-corrected chi connectivity index (χ3v) is 11.3. The van der Waals surface area contributed by atoms with Gasteiger partial charge in [0, 0.05) is 46.3 Å². The number of rotatable bonds is 10. The number of hydrogen-bond acceptors (Lipinski definition) is 4. The van der Waals surface area contributed by atoms with Gasteiger partial charge in [-0.25, -0.2) is 9.18 Å². The van der Waals surface area contributed by atoms with Crippen LogP contribution in [0, 0.1) is 5.82 Å². The fourth-order valence-corrected chi connectivity index (χ4v) is 8.83. The average Bonchev–Trinajstić information content (AvgIpc) is 3.46. The summed E-state index contributed by atoms with van der Waals surface area (Å²) in [5.74, 6) is -0.637. The van der Waals surface area contributed by atoms with Crippen LogP contribution < -0.4 is 9.64 Å². The first-order valence-electron chi connectivity index (χ1n) is 18.4. The van der Waals surface area contributed by atoms with E-state index in [0.29, 0.717) is 24.3 Å². The van der Waals surface area contributed by atoms with Crippen molar-refractivity contribution in [1.29, 1.82) is 0 Å². The van der Waals surface area contributed by atoms with Crippen LogP contribution in [0.1, 0.15) is 90.5 Å².